The van der Waals surface area contributed by atoms with Gasteiger partial charge in [0.25, 0.3) is 0 Å². The summed E-state index contributed by atoms with van der Waals surface area (Å²) >= 11 is 8.98. The van der Waals surface area contributed by atoms with Crippen LogP contribution in [0.15, 0.2) is 35.5 Å². The minimum atomic E-state index is -0.462. The summed E-state index contributed by atoms with van der Waals surface area (Å²) < 4.78 is 7.41. The number of hydrogen-bond donors (Lipinski definition) is 1. The Kier molecular flexibility index (Phi) is 7.26. The van der Waals surface area contributed by atoms with Crippen LogP contribution in [0.2, 0.25) is 5.15 Å². The van der Waals surface area contributed by atoms with Gasteiger partial charge in [-0.25, -0.2) is 24.7 Å². The first kappa shape index (κ1) is 23.6. The maximum atomic E-state index is 11.9. The molecule has 0 atom stereocenters. The molecule has 5 heterocycles. The third kappa shape index (κ3) is 6.07. The maximum absolute atomic E-state index is 11.9. The molecule has 1 N–H and O–H groups in total. The van der Waals surface area contributed by atoms with Crippen molar-refractivity contribution < 1.29 is 9.53 Å². The molecule has 1 amide bonds. The summed E-state index contributed by atoms with van der Waals surface area (Å²) in [6.45, 7) is 7.35. The molecule has 0 radical (unpaired) electrons. The quantitative estimate of drug-likeness (QED) is 0.359. The molecule has 33 heavy (non-hydrogen) atoms. The summed E-state index contributed by atoms with van der Waals surface area (Å²) in [7, 11) is 0. The van der Waals surface area contributed by atoms with Gasteiger partial charge in [-0.05, 0) is 56.5 Å². The molecule has 0 aromatic carbocycles. The smallest absolute Gasteiger partial charge is 0.407 e. The molecular weight excluding hydrogens is 480 g/mol. The van der Waals surface area contributed by atoms with Crippen LogP contribution in [0, 0.1) is 0 Å². The van der Waals surface area contributed by atoms with E-state index in [4.69, 9.17) is 16.3 Å². The van der Waals surface area contributed by atoms with Crippen molar-refractivity contribution in [2.75, 3.05) is 18.0 Å². The maximum Gasteiger partial charge on any atom is 0.407 e. The molecule has 8 nitrogen and oxygen atoms in total. The second-order valence-electron chi connectivity index (χ2n) is 8.54. The Hall–Kier alpha value is -2.56. The van der Waals surface area contributed by atoms with E-state index in [1.165, 1.54) is 6.33 Å². The summed E-state index contributed by atoms with van der Waals surface area (Å²) in [5.74, 6) is 1.00. The fourth-order valence-corrected chi connectivity index (χ4v) is 5.33. The molecule has 11 heteroatoms. The van der Waals surface area contributed by atoms with Gasteiger partial charge in [-0.15, -0.1) is 22.7 Å². The number of aromatic nitrogens is 4. The minimum Gasteiger partial charge on any atom is -0.444 e. The Bertz CT molecular complexity index is 1230. The molecular formula is C22H25ClN6O2S2. The highest BCUT2D eigenvalue weighted by atomic mass is 35.5. The lowest BCUT2D eigenvalue weighted by molar-refractivity contribution is 0.0497. The molecule has 174 valence electrons. The van der Waals surface area contributed by atoms with Crippen LogP contribution < -0.4 is 10.2 Å². The number of amides is 1. The van der Waals surface area contributed by atoms with Gasteiger partial charge in [0.2, 0.25) is 0 Å². The Labute approximate surface area is 205 Å². The van der Waals surface area contributed by atoms with Gasteiger partial charge >= 0.3 is 6.09 Å². The first-order valence-electron chi connectivity index (χ1n) is 10.6. The molecule has 4 aromatic rings. The number of hydrogen-bond acceptors (Lipinski definition) is 9. The van der Waals surface area contributed by atoms with Gasteiger partial charge < -0.3 is 15.0 Å². The topological polar surface area (TPSA) is 93.1 Å². The lowest BCUT2D eigenvalue weighted by atomic mass is 10.1. The van der Waals surface area contributed by atoms with Crippen LogP contribution in [-0.4, -0.2) is 50.8 Å². The number of carbonyl (C=O) groups is 1. The van der Waals surface area contributed by atoms with Crippen LogP contribution in [0.3, 0.4) is 0 Å². The van der Waals surface area contributed by atoms with Crippen LogP contribution in [0.4, 0.5) is 10.6 Å². The highest BCUT2D eigenvalue weighted by Gasteiger charge is 2.25. The number of piperidine rings is 1. The summed E-state index contributed by atoms with van der Waals surface area (Å²) in [6, 6.07) is 4.09. The summed E-state index contributed by atoms with van der Waals surface area (Å²) in [5, 5.41) is 7.49. The predicted octanol–water partition coefficient (Wildman–Crippen LogP) is 5.53. The van der Waals surface area contributed by atoms with Crippen molar-refractivity contribution in [2.24, 2.45) is 0 Å². The van der Waals surface area contributed by atoms with E-state index >= 15 is 0 Å². The number of carbonyl (C=O) groups excluding carboxylic acids is 1. The third-order valence-electron chi connectivity index (χ3n) is 4.94. The zero-order chi connectivity index (χ0) is 23.4. The number of nitrogens with zero attached hydrogens (tertiary/aromatic N) is 5. The number of alkyl carbamates (subject to hydrolysis) is 1. The number of anilines is 1. The highest BCUT2D eigenvalue weighted by Crippen LogP contribution is 2.29. The zero-order valence-corrected chi connectivity index (χ0v) is 21.0. The van der Waals surface area contributed by atoms with Crippen molar-refractivity contribution in [3.63, 3.8) is 0 Å². The fraction of sp³-hybridized carbons (Fsp3) is 0.409. The van der Waals surface area contributed by atoms with Gasteiger partial charge in [0, 0.05) is 19.1 Å². The minimum absolute atomic E-state index is 0.154. The molecule has 4 aromatic heterocycles. The number of halogens is 1. The van der Waals surface area contributed by atoms with E-state index in [9.17, 15) is 4.79 Å². The van der Waals surface area contributed by atoms with Crippen molar-refractivity contribution in [3.05, 3.63) is 40.7 Å². The zero-order valence-electron chi connectivity index (χ0n) is 18.6. The van der Waals surface area contributed by atoms with Gasteiger partial charge in [0.05, 0.1) is 20.4 Å². The molecule has 1 aliphatic rings. The number of nitrogens with one attached hydrogen (secondary N) is 1. The third-order valence-corrected chi connectivity index (χ3v) is 7.15. The lowest BCUT2D eigenvalue weighted by Crippen LogP contribution is -2.46. The van der Waals surface area contributed by atoms with Crippen molar-refractivity contribution in [2.45, 2.75) is 45.3 Å². The van der Waals surface area contributed by atoms with Gasteiger partial charge in [0.15, 0.2) is 0 Å². The molecule has 0 aliphatic carbocycles. The Balaban J connectivity index is 0.000000214. The molecule has 0 saturated carbocycles. The van der Waals surface area contributed by atoms with Crippen molar-refractivity contribution in [1.29, 1.82) is 0 Å². The average molecular weight is 505 g/mol. The van der Waals surface area contributed by atoms with Gasteiger partial charge in [0.1, 0.15) is 29.2 Å². The molecule has 0 bridgehead atoms. The van der Waals surface area contributed by atoms with E-state index in [-0.39, 0.29) is 12.1 Å². The van der Waals surface area contributed by atoms with Crippen LogP contribution in [0.1, 0.15) is 33.6 Å². The van der Waals surface area contributed by atoms with Crippen LogP contribution in [-0.2, 0) is 4.74 Å². The van der Waals surface area contributed by atoms with Crippen molar-refractivity contribution in [1.82, 2.24) is 25.3 Å². The number of ether oxygens (including phenoxy) is 1. The van der Waals surface area contributed by atoms with Crippen LogP contribution in [0.5, 0.6) is 0 Å². The van der Waals surface area contributed by atoms with E-state index in [0.29, 0.717) is 5.15 Å². The van der Waals surface area contributed by atoms with Crippen LogP contribution >= 0.6 is 34.3 Å². The normalized spacial score (nSPS) is 14.7. The molecule has 1 aliphatic heterocycles. The molecule has 5 rings (SSSR count). The monoisotopic (exact) mass is 504 g/mol. The van der Waals surface area contributed by atoms with Crippen LogP contribution in [0.25, 0.3) is 20.4 Å². The largest absolute Gasteiger partial charge is 0.444 e. The molecule has 0 spiro atoms. The average Bonchev–Trinajstić information content (AvgIpc) is 3.43. The first-order valence-corrected chi connectivity index (χ1v) is 12.7. The fourth-order valence-electron chi connectivity index (χ4n) is 3.47. The molecule has 1 saturated heterocycles. The highest BCUT2D eigenvalue weighted by molar-refractivity contribution is 7.18. The second kappa shape index (κ2) is 10.1. The molecule has 0 unspecified atom stereocenters. The van der Waals surface area contributed by atoms with Crippen molar-refractivity contribution >= 4 is 66.6 Å². The Morgan fingerprint density at radius 2 is 1.64 bits per heavy atom. The van der Waals surface area contributed by atoms with E-state index in [0.717, 1.165) is 52.2 Å². The SMILES string of the molecule is CC(C)(C)OC(=O)NC1CCN(c2ncnc3ccsc23)CC1.Clc1ncnc2ccsc12. The Morgan fingerprint density at radius 1 is 1.03 bits per heavy atom. The van der Waals surface area contributed by atoms with E-state index in [1.54, 1.807) is 29.0 Å². The summed E-state index contributed by atoms with van der Waals surface area (Å²) in [4.78, 5) is 30.7. The Morgan fingerprint density at radius 3 is 2.27 bits per heavy atom. The lowest BCUT2D eigenvalue weighted by Gasteiger charge is -2.33. The van der Waals surface area contributed by atoms with Gasteiger partial charge in [-0.3, -0.25) is 0 Å². The molecule has 1 fully saturated rings. The van der Waals surface area contributed by atoms with E-state index in [2.05, 4.69) is 30.2 Å². The predicted molar refractivity (Wildman–Crippen MR) is 134 cm³/mol. The van der Waals surface area contributed by atoms with Gasteiger partial charge in [-0.2, -0.15) is 0 Å². The van der Waals surface area contributed by atoms with Gasteiger partial charge in [-0.1, -0.05) is 11.6 Å². The number of thiophene rings is 2. The summed E-state index contributed by atoms with van der Waals surface area (Å²) in [6.07, 6.45) is 4.53. The number of fused-ring (bicyclic) bond motifs is 2. The standard InChI is InChI=1S/C16H22N4O2S.C6H3ClN2S/c1-16(2,3)22-15(21)19-11-4-7-20(8-5-11)14-13-12(6-9-23-13)17-10-18-14;7-6-5-4(1-2-10-5)8-3-9-6/h6,9-11H,4-5,7-8H2,1-3H3,(H,19,21);1-3H. The number of rotatable bonds is 2. The summed E-state index contributed by atoms with van der Waals surface area (Å²) in [5.41, 5.74) is 1.45. The van der Waals surface area contributed by atoms with E-state index in [1.807, 2.05) is 43.7 Å². The van der Waals surface area contributed by atoms with Crippen molar-refractivity contribution in [3.8, 4) is 0 Å². The van der Waals surface area contributed by atoms with E-state index < -0.39 is 5.60 Å². The first-order chi connectivity index (χ1) is 15.8. The second-order valence-corrected chi connectivity index (χ2v) is 10.7.